The molecule has 0 amide bonds. The van der Waals surface area contributed by atoms with Crippen LogP contribution in [0.3, 0.4) is 0 Å². The van der Waals surface area contributed by atoms with Crippen molar-refractivity contribution in [2.24, 2.45) is 0 Å². The highest BCUT2D eigenvalue weighted by atomic mass is 19.1. The van der Waals surface area contributed by atoms with Crippen molar-refractivity contribution >= 4 is 5.78 Å². The van der Waals surface area contributed by atoms with Crippen molar-refractivity contribution in [3.05, 3.63) is 35.4 Å². The van der Waals surface area contributed by atoms with Gasteiger partial charge in [-0.05, 0) is 31.7 Å². The van der Waals surface area contributed by atoms with Gasteiger partial charge in [0.25, 0.3) is 0 Å². The zero-order valence-corrected chi connectivity index (χ0v) is 9.39. The topological polar surface area (TPSA) is 29.1 Å². The standard InChI is InChI=1S/C12H15F2NO/c1-3-15-8(2)6-12(16)10-7-9(13)4-5-11(10)14/h4-5,7-8,15H,3,6H2,1-2H3. The number of benzene rings is 1. The minimum absolute atomic E-state index is 0.0415. The monoisotopic (exact) mass is 227 g/mol. The van der Waals surface area contributed by atoms with Gasteiger partial charge in [-0.3, -0.25) is 4.79 Å². The zero-order chi connectivity index (χ0) is 12.1. The smallest absolute Gasteiger partial charge is 0.167 e. The number of nitrogens with one attached hydrogen (secondary N) is 1. The van der Waals surface area contributed by atoms with Gasteiger partial charge in [0.05, 0.1) is 5.56 Å². The number of Topliss-reactive ketones (excluding diaryl/α,β-unsaturated/α-hetero) is 1. The maximum absolute atomic E-state index is 13.2. The Kier molecular flexibility index (Phi) is 4.55. The van der Waals surface area contributed by atoms with Gasteiger partial charge in [0.1, 0.15) is 11.6 Å². The van der Waals surface area contributed by atoms with Crippen molar-refractivity contribution in [1.29, 1.82) is 0 Å². The molecule has 0 aliphatic heterocycles. The van der Waals surface area contributed by atoms with Crippen LogP contribution in [0.2, 0.25) is 0 Å². The highest BCUT2D eigenvalue weighted by Gasteiger charge is 2.15. The number of hydrogen-bond acceptors (Lipinski definition) is 2. The van der Waals surface area contributed by atoms with Gasteiger partial charge in [-0.25, -0.2) is 8.78 Å². The van der Waals surface area contributed by atoms with Crippen molar-refractivity contribution in [2.75, 3.05) is 6.54 Å². The molecule has 0 fully saturated rings. The molecule has 0 aromatic heterocycles. The summed E-state index contributed by atoms with van der Waals surface area (Å²) in [6.07, 6.45) is 0.161. The third kappa shape index (κ3) is 3.38. The van der Waals surface area contributed by atoms with Crippen LogP contribution in [-0.2, 0) is 0 Å². The molecule has 2 nitrogen and oxygen atoms in total. The lowest BCUT2D eigenvalue weighted by Gasteiger charge is -2.11. The summed E-state index contributed by atoms with van der Waals surface area (Å²) in [7, 11) is 0. The van der Waals surface area contributed by atoms with E-state index in [-0.39, 0.29) is 23.8 Å². The van der Waals surface area contributed by atoms with E-state index in [1.807, 2.05) is 13.8 Å². The Balaban J connectivity index is 2.76. The molecule has 0 aliphatic rings. The second kappa shape index (κ2) is 5.70. The molecule has 0 heterocycles. The quantitative estimate of drug-likeness (QED) is 0.783. The number of hydrogen-bond donors (Lipinski definition) is 1. The van der Waals surface area contributed by atoms with Crippen LogP contribution in [0.5, 0.6) is 0 Å². The first-order valence-corrected chi connectivity index (χ1v) is 5.26. The second-order valence-electron chi connectivity index (χ2n) is 3.71. The molecule has 0 spiro atoms. The molecule has 88 valence electrons. The molecule has 0 saturated carbocycles. The molecule has 4 heteroatoms. The number of rotatable bonds is 5. The van der Waals surface area contributed by atoms with Gasteiger partial charge in [0, 0.05) is 12.5 Å². The molecule has 0 saturated heterocycles. The maximum atomic E-state index is 13.2. The van der Waals surface area contributed by atoms with Crippen LogP contribution in [0.1, 0.15) is 30.6 Å². The van der Waals surface area contributed by atoms with Crippen molar-refractivity contribution in [3.63, 3.8) is 0 Å². The van der Waals surface area contributed by atoms with Crippen LogP contribution in [0.4, 0.5) is 8.78 Å². The van der Waals surface area contributed by atoms with E-state index in [0.29, 0.717) is 0 Å². The van der Waals surface area contributed by atoms with Crippen LogP contribution in [0.25, 0.3) is 0 Å². The average Bonchev–Trinajstić information content (AvgIpc) is 2.21. The van der Waals surface area contributed by atoms with Crippen molar-refractivity contribution < 1.29 is 13.6 Å². The first-order chi connectivity index (χ1) is 7.54. The van der Waals surface area contributed by atoms with E-state index in [1.54, 1.807) is 0 Å². The van der Waals surface area contributed by atoms with Crippen molar-refractivity contribution in [3.8, 4) is 0 Å². The second-order valence-corrected chi connectivity index (χ2v) is 3.71. The molecule has 0 radical (unpaired) electrons. The molecule has 1 aromatic rings. The summed E-state index contributed by atoms with van der Waals surface area (Å²) in [4.78, 5) is 11.7. The van der Waals surface area contributed by atoms with Crippen LogP contribution >= 0.6 is 0 Å². The summed E-state index contributed by atoms with van der Waals surface area (Å²) in [6.45, 7) is 4.49. The fourth-order valence-corrected chi connectivity index (χ4v) is 1.52. The predicted octanol–water partition coefficient (Wildman–Crippen LogP) is 2.54. The number of carbonyl (C=O) groups excluding carboxylic acids is 1. The first-order valence-electron chi connectivity index (χ1n) is 5.26. The maximum Gasteiger partial charge on any atom is 0.167 e. The number of ketones is 1. The molecule has 0 aliphatic carbocycles. The molecular formula is C12H15F2NO. The van der Waals surface area contributed by atoms with Gasteiger partial charge in [0.2, 0.25) is 0 Å². The third-order valence-electron chi connectivity index (χ3n) is 2.27. The van der Waals surface area contributed by atoms with E-state index >= 15 is 0 Å². The first kappa shape index (κ1) is 12.8. The number of halogens is 2. The Morgan fingerprint density at radius 3 is 2.75 bits per heavy atom. The molecule has 0 bridgehead atoms. The van der Waals surface area contributed by atoms with Crippen LogP contribution in [0.15, 0.2) is 18.2 Å². The van der Waals surface area contributed by atoms with Gasteiger partial charge in [0.15, 0.2) is 5.78 Å². The van der Waals surface area contributed by atoms with Crippen molar-refractivity contribution in [1.82, 2.24) is 5.32 Å². The Bertz CT molecular complexity index is 379. The summed E-state index contributed by atoms with van der Waals surface area (Å²) in [5, 5.41) is 3.04. The van der Waals surface area contributed by atoms with Gasteiger partial charge >= 0.3 is 0 Å². The average molecular weight is 227 g/mol. The van der Waals surface area contributed by atoms with E-state index in [2.05, 4.69) is 5.32 Å². The van der Waals surface area contributed by atoms with Crippen LogP contribution in [-0.4, -0.2) is 18.4 Å². The van der Waals surface area contributed by atoms with Crippen molar-refractivity contribution in [2.45, 2.75) is 26.3 Å². The summed E-state index contributed by atoms with van der Waals surface area (Å²) >= 11 is 0. The molecule has 1 unspecified atom stereocenters. The zero-order valence-electron chi connectivity index (χ0n) is 9.39. The van der Waals surface area contributed by atoms with Gasteiger partial charge in [-0.2, -0.15) is 0 Å². The van der Waals surface area contributed by atoms with E-state index in [4.69, 9.17) is 0 Å². The normalized spacial score (nSPS) is 12.5. The fraction of sp³-hybridized carbons (Fsp3) is 0.417. The molecule has 1 aromatic carbocycles. The lowest BCUT2D eigenvalue weighted by Crippen LogP contribution is -2.28. The molecule has 16 heavy (non-hydrogen) atoms. The van der Waals surface area contributed by atoms with Gasteiger partial charge in [-0.1, -0.05) is 6.92 Å². The van der Waals surface area contributed by atoms with Crippen LogP contribution < -0.4 is 5.32 Å². The Hall–Kier alpha value is -1.29. The minimum atomic E-state index is -0.671. The third-order valence-corrected chi connectivity index (χ3v) is 2.27. The van der Waals surface area contributed by atoms with E-state index in [1.165, 1.54) is 0 Å². The number of carbonyl (C=O) groups is 1. The summed E-state index contributed by atoms with van der Waals surface area (Å²) in [5.74, 6) is -1.65. The summed E-state index contributed by atoms with van der Waals surface area (Å²) < 4.78 is 26.1. The lowest BCUT2D eigenvalue weighted by molar-refractivity contribution is 0.0967. The summed E-state index contributed by atoms with van der Waals surface area (Å²) in [5.41, 5.74) is -0.176. The van der Waals surface area contributed by atoms with E-state index in [0.717, 1.165) is 24.7 Å². The minimum Gasteiger partial charge on any atom is -0.314 e. The van der Waals surface area contributed by atoms with Crippen LogP contribution in [0, 0.1) is 11.6 Å². The Morgan fingerprint density at radius 1 is 1.44 bits per heavy atom. The molecular weight excluding hydrogens is 212 g/mol. The Labute approximate surface area is 93.7 Å². The molecule has 1 N–H and O–H groups in total. The van der Waals surface area contributed by atoms with E-state index in [9.17, 15) is 13.6 Å². The Morgan fingerprint density at radius 2 is 2.12 bits per heavy atom. The lowest BCUT2D eigenvalue weighted by atomic mass is 10.0. The van der Waals surface area contributed by atoms with Gasteiger partial charge < -0.3 is 5.32 Å². The highest BCUT2D eigenvalue weighted by Crippen LogP contribution is 2.12. The van der Waals surface area contributed by atoms with E-state index < -0.39 is 11.6 Å². The molecule has 1 atom stereocenters. The molecule has 1 rings (SSSR count). The summed E-state index contributed by atoms with van der Waals surface area (Å²) in [6, 6.07) is 2.87. The van der Waals surface area contributed by atoms with Gasteiger partial charge in [-0.15, -0.1) is 0 Å². The predicted molar refractivity (Wildman–Crippen MR) is 58.4 cm³/mol. The SMILES string of the molecule is CCNC(C)CC(=O)c1cc(F)ccc1F. The fourth-order valence-electron chi connectivity index (χ4n) is 1.52. The largest absolute Gasteiger partial charge is 0.314 e. The highest BCUT2D eigenvalue weighted by molar-refractivity contribution is 5.96.